The SMILES string of the molecule is C=CCCOCC(=O)Nc1nnc(CCCCC)s1. The van der Waals surface area contributed by atoms with Crippen molar-refractivity contribution >= 4 is 22.4 Å². The van der Waals surface area contributed by atoms with E-state index in [9.17, 15) is 4.79 Å². The number of hydrogen-bond donors (Lipinski definition) is 1. The molecule has 1 heterocycles. The average Bonchev–Trinajstić information content (AvgIpc) is 2.83. The smallest absolute Gasteiger partial charge is 0.252 e. The number of carbonyl (C=O) groups excluding carboxylic acids is 1. The molecule has 1 aromatic rings. The third-order valence-corrected chi connectivity index (χ3v) is 3.31. The highest BCUT2D eigenvalue weighted by atomic mass is 32.1. The molecule has 106 valence electrons. The van der Waals surface area contributed by atoms with Crippen molar-refractivity contribution < 1.29 is 9.53 Å². The first-order valence-electron chi connectivity index (χ1n) is 6.57. The fourth-order valence-corrected chi connectivity index (χ4v) is 2.22. The van der Waals surface area contributed by atoms with E-state index in [-0.39, 0.29) is 12.5 Å². The van der Waals surface area contributed by atoms with Crippen LogP contribution in [0.2, 0.25) is 0 Å². The molecule has 0 atom stereocenters. The highest BCUT2D eigenvalue weighted by Crippen LogP contribution is 2.17. The van der Waals surface area contributed by atoms with E-state index in [2.05, 4.69) is 29.0 Å². The molecule has 1 N–H and O–H groups in total. The summed E-state index contributed by atoms with van der Waals surface area (Å²) in [5, 5.41) is 12.2. The molecule has 0 saturated carbocycles. The zero-order valence-corrected chi connectivity index (χ0v) is 12.2. The van der Waals surface area contributed by atoms with Crippen LogP contribution in [0, 0.1) is 0 Å². The summed E-state index contributed by atoms with van der Waals surface area (Å²) in [7, 11) is 0. The first kappa shape index (κ1) is 15.8. The Morgan fingerprint density at radius 1 is 1.47 bits per heavy atom. The Morgan fingerprint density at radius 3 is 3.05 bits per heavy atom. The molecule has 0 aliphatic heterocycles. The van der Waals surface area contributed by atoms with Gasteiger partial charge in [-0.1, -0.05) is 37.2 Å². The van der Waals surface area contributed by atoms with Crippen molar-refractivity contribution in [1.82, 2.24) is 10.2 Å². The number of nitrogens with zero attached hydrogens (tertiary/aromatic N) is 2. The van der Waals surface area contributed by atoms with Crippen LogP contribution < -0.4 is 5.32 Å². The van der Waals surface area contributed by atoms with E-state index in [0.29, 0.717) is 11.7 Å². The molecule has 0 radical (unpaired) electrons. The standard InChI is InChI=1S/C13H21N3O2S/c1-3-5-7-8-12-15-16-13(19-12)14-11(17)10-18-9-6-4-2/h4H,2-3,5-10H2,1H3,(H,14,16,17). The molecule has 0 bridgehead atoms. The number of carbonyl (C=O) groups is 1. The zero-order chi connectivity index (χ0) is 13.9. The van der Waals surface area contributed by atoms with Gasteiger partial charge in [0.2, 0.25) is 5.13 Å². The van der Waals surface area contributed by atoms with Crippen molar-refractivity contribution in [1.29, 1.82) is 0 Å². The predicted molar refractivity (Wildman–Crippen MR) is 77.4 cm³/mol. The fourth-order valence-electron chi connectivity index (χ4n) is 1.42. The summed E-state index contributed by atoms with van der Waals surface area (Å²) in [6.45, 7) is 6.30. The maximum Gasteiger partial charge on any atom is 0.252 e. The Labute approximate surface area is 118 Å². The lowest BCUT2D eigenvalue weighted by Crippen LogP contribution is -2.18. The second kappa shape index (κ2) is 9.63. The summed E-state index contributed by atoms with van der Waals surface area (Å²) in [5.74, 6) is -0.194. The molecule has 0 unspecified atom stereocenters. The van der Waals surface area contributed by atoms with Crippen LogP contribution in [0.4, 0.5) is 5.13 Å². The Hall–Kier alpha value is -1.27. The van der Waals surface area contributed by atoms with Crippen molar-refractivity contribution in [2.45, 2.75) is 39.0 Å². The lowest BCUT2D eigenvalue weighted by atomic mass is 10.2. The first-order chi connectivity index (χ1) is 9.26. The van der Waals surface area contributed by atoms with Gasteiger partial charge in [0.1, 0.15) is 11.6 Å². The van der Waals surface area contributed by atoms with Crippen LogP contribution in [0.3, 0.4) is 0 Å². The minimum atomic E-state index is -0.194. The highest BCUT2D eigenvalue weighted by molar-refractivity contribution is 7.15. The second-order valence-corrected chi connectivity index (χ2v) is 5.20. The van der Waals surface area contributed by atoms with Crippen molar-refractivity contribution in [3.63, 3.8) is 0 Å². The Kier molecular flexibility index (Phi) is 8.00. The third-order valence-electron chi connectivity index (χ3n) is 2.41. The van der Waals surface area contributed by atoms with Gasteiger partial charge in [0.25, 0.3) is 5.91 Å². The van der Waals surface area contributed by atoms with Gasteiger partial charge in [0.05, 0.1) is 6.61 Å². The summed E-state index contributed by atoms with van der Waals surface area (Å²) in [4.78, 5) is 11.5. The topological polar surface area (TPSA) is 64.1 Å². The lowest BCUT2D eigenvalue weighted by Gasteiger charge is -2.01. The van der Waals surface area contributed by atoms with Crippen LogP contribution in [-0.4, -0.2) is 29.3 Å². The number of amides is 1. The summed E-state index contributed by atoms with van der Waals surface area (Å²) < 4.78 is 5.17. The Bertz CT molecular complexity index is 393. The van der Waals surface area contributed by atoms with E-state index in [4.69, 9.17) is 4.74 Å². The van der Waals surface area contributed by atoms with Gasteiger partial charge >= 0.3 is 0 Å². The summed E-state index contributed by atoms with van der Waals surface area (Å²) in [6, 6.07) is 0. The van der Waals surface area contributed by atoms with Crippen LogP contribution >= 0.6 is 11.3 Å². The predicted octanol–water partition coefficient (Wildman–Crippen LogP) is 2.80. The van der Waals surface area contributed by atoms with Crippen molar-refractivity contribution in [2.24, 2.45) is 0 Å². The minimum Gasteiger partial charge on any atom is -0.371 e. The number of rotatable bonds is 10. The molecule has 0 saturated heterocycles. The van der Waals surface area contributed by atoms with E-state index < -0.39 is 0 Å². The highest BCUT2D eigenvalue weighted by Gasteiger charge is 2.07. The number of aryl methyl sites for hydroxylation is 1. The number of anilines is 1. The number of nitrogens with one attached hydrogen (secondary N) is 1. The van der Waals surface area contributed by atoms with Crippen LogP contribution in [0.25, 0.3) is 0 Å². The number of aromatic nitrogens is 2. The molecule has 0 fully saturated rings. The average molecular weight is 283 g/mol. The van der Waals surface area contributed by atoms with Gasteiger partial charge in [-0.15, -0.1) is 16.8 Å². The van der Waals surface area contributed by atoms with Gasteiger partial charge in [0, 0.05) is 6.42 Å². The molecule has 19 heavy (non-hydrogen) atoms. The van der Waals surface area contributed by atoms with Crippen LogP contribution in [0.15, 0.2) is 12.7 Å². The van der Waals surface area contributed by atoms with E-state index >= 15 is 0 Å². The molecule has 0 aromatic carbocycles. The van der Waals surface area contributed by atoms with Crippen LogP contribution in [-0.2, 0) is 16.0 Å². The van der Waals surface area contributed by atoms with Crippen molar-refractivity contribution in [3.05, 3.63) is 17.7 Å². The summed E-state index contributed by atoms with van der Waals surface area (Å²) in [5.41, 5.74) is 0. The van der Waals surface area contributed by atoms with E-state index in [0.717, 1.165) is 24.3 Å². The number of hydrogen-bond acceptors (Lipinski definition) is 5. The Balaban J connectivity index is 2.24. The zero-order valence-electron chi connectivity index (χ0n) is 11.4. The van der Waals surface area contributed by atoms with Crippen molar-refractivity contribution in [3.8, 4) is 0 Å². The number of ether oxygens (including phenoxy) is 1. The Morgan fingerprint density at radius 2 is 2.32 bits per heavy atom. The molecule has 1 rings (SSSR count). The molecular weight excluding hydrogens is 262 g/mol. The minimum absolute atomic E-state index is 0.0403. The largest absolute Gasteiger partial charge is 0.371 e. The maximum absolute atomic E-state index is 11.5. The normalized spacial score (nSPS) is 10.4. The number of unbranched alkanes of at least 4 members (excludes halogenated alkanes) is 2. The van der Waals surface area contributed by atoms with E-state index in [1.807, 2.05) is 0 Å². The van der Waals surface area contributed by atoms with E-state index in [1.54, 1.807) is 6.08 Å². The van der Waals surface area contributed by atoms with Gasteiger partial charge in [-0.25, -0.2) is 0 Å². The van der Waals surface area contributed by atoms with Crippen LogP contribution in [0.1, 0.15) is 37.6 Å². The van der Waals surface area contributed by atoms with Crippen LogP contribution in [0.5, 0.6) is 0 Å². The molecule has 5 nitrogen and oxygen atoms in total. The van der Waals surface area contributed by atoms with E-state index in [1.165, 1.54) is 24.2 Å². The van der Waals surface area contributed by atoms with Crippen molar-refractivity contribution in [2.75, 3.05) is 18.5 Å². The summed E-state index contributed by atoms with van der Waals surface area (Å²) in [6.07, 6.45) is 6.92. The van der Waals surface area contributed by atoms with Gasteiger partial charge in [-0.2, -0.15) is 0 Å². The van der Waals surface area contributed by atoms with Gasteiger partial charge in [-0.05, 0) is 12.8 Å². The molecule has 0 aliphatic rings. The maximum atomic E-state index is 11.5. The second-order valence-electron chi connectivity index (χ2n) is 4.14. The van der Waals surface area contributed by atoms with Gasteiger partial charge in [-0.3, -0.25) is 10.1 Å². The van der Waals surface area contributed by atoms with Gasteiger partial charge < -0.3 is 4.74 Å². The third kappa shape index (κ3) is 7.03. The first-order valence-corrected chi connectivity index (χ1v) is 7.38. The molecule has 6 heteroatoms. The summed E-state index contributed by atoms with van der Waals surface area (Å²) >= 11 is 1.43. The fraction of sp³-hybridized carbons (Fsp3) is 0.615. The molecular formula is C13H21N3O2S. The molecule has 1 aromatic heterocycles. The monoisotopic (exact) mass is 283 g/mol. The van der Waals surface area contributed by atoms with Gasteiger partial charge in [0.15, 0.2) is 0 Å². The molecule has 1 amide bonds. The molecule has 0 spiro atoms. The quantitative estimate of drug-likeness (QED) is 0.530. The lowest BCUT2D eigenvalue weighted by molar-refractivity contribution is -0.120. The molecule has 0 aliphatic carbocycles.